The Morgan fingerprint density at radius 2 is 1.76 bits per heavy atom. The number of nitrogens with one attached hydrogen (secondary N) is 1. The van der Waals surface area contributed by atoms with Gasteiger partial charge in [0, 0.05) is 18.7 Å². The van der Waals surface area contributed by atoms with E-state index in [1.54, 1.807) is 0 Å². The van der Waals surface area contributed by atoms with E-state index in [0.29, 0.717) is 18.0 Å². The van der Waals surface area contributed by atoms with Crippen LogP contribution in [-0.2, 0) is 14.8 Å². The first kappa shape index (κ1) is 22.9. The van der Waals surface area contributed by atoms with Crippen LogP contribution in [0.15, 0.2) is 36.4 Å². The predicted octanol–water partition coefficient (Wildman–Crippen LogP) is 4.92. The number of anilines is 2. The summed E-state index contributed by atoms with van der Waals surface area (Å²) < 4.78 is 26.1. The van der Waals surface area contributed by atoms with Crippen molar-refractivity contribution in [1.82, 2.24) is 0 Å². The molecular weight excluding hydrogens is 384 g/mol. The van der Waals surface area contributed by atoms with Crippen LogP contribution in [0.25, 0.3) is 0 Å². The molecule has 0 bridgehead atoms. The van der Waals surface area contributed by atoms with Crippen molar-refractivity contribution >= 4 is 27.3 Å². The molecule has 5 nitrogen and oxygen atoms in total. The second kappa shape index (κ2) is 9.44. The number of rotatable bonds is 8. The molecular formula is C23H32N2O3S. The molecule has 0 aliphatic carbocycles. The number of aryl methyl sites for hydroxylation is 3. The number of amides is 1. The molecule has 29 heavy (non-hydrogen) atoms. The maximum Gasteiger partial charge on any atom is 0.232 e. The van der Waals surface area contributed by atoms with Crippen LogP contribution in [-0.4, -0.2) is 27.1 Å². The highest BCUT2D eigenvalue weighted by atomic mass is 32.2. The zero-order valence-corrected chi connectivity index (χ0v) is 19.1. The van der Waals surface area contributed by atoms with Crippen LogP contribution in [0.4, 0.5) is 11.4 Å². The molecule has 0 saturated carbocycles. The average Bonchev–Trinajstić information content (AvgIpc) is 2.61. The van der Waals surface area contributed by atoms with E-state index in [1.807, 2.05) is 57.2 Å². The summed E-state index contributed by atoms with van der Waals surface area (Å²) in [5.41, 5.74) is 5.56. The number of hydrogen-bond acceptors (Lipinski definition) is 3. The SMILES string of the molecule is Cc1ccc(C)c(N(CCCC(=O)Nc2c(C)cccc2C(C)C)S(C)(=O)=O)c1. The molecule has 1 amide bonds. The Kier molecular flexibility index (Phi) is 7.47. The molecule has 158 valence electrons. The lowest BCUT2D eigenvalue weighted by Gasteiger charge is -2.24. The van der Waals surface area contributed by atoms with Gasteiger partial charge in [-0.05, 0) is 61.4 Å². The summed E-state index contributed by atoms with van der Waals surface area (Å²) in [4.78, 5) is 12.5. The van der Waals surface area contributed by atoms with E-state index in [1.165, 1.54) is 10.6 Å². The lowest BCUT2D eigenvalue weighted by Crippen LogP contribution is -2.32. The number of carbonyl (C=O) groups is 1. The van der Waals surface area contributed by atoms with Gasteiger partial charge in [0.25, 0.3) is 0 Å². The Bertz CT molecular complexity index is 982. The smallest absolute Gasteiger partial charge is 0.232 e. The second-order valence-corrected chi connectivity index (χ2v) is 9.88. The first-order chi connectivity index (χ1) is 13.5. The van der Waals surface area contributed by atoms with Crippen LogP contribution in [0.1, 0.15) is 54.9 Å². The third-order valence-corrected chi connectivity index (χ3v) is 6.17. The first-order valence-corrected chi connectivity index (χ1v) is 11.8. The molecule has 0 heterocycles. The van der Waals surface area contributed by atoms with E-state index in [0.717, 1.165) is 27.9 Å². The summed E-state index contributed by atoms with van der Waals surface area (Å²) in [7, 11) is -3.44. The third kappa shape index (κ3) is 6.07. The van der Waals surface area contributed by atoms with E-state index in [-0.39, 0.29) is 18.9 Å². The summed E-state index contributed by atoms with van der Waals surface area (Å²) in [5, 5.41) is 3.03. The number of hydrogen-bond donors (Lipinski definition) is 1. The van der Waals surface area contributed by atoms with Crippen molar-refractivity contribution in [3.05, 3.63) is 58.7 Å². The Hall–Kier alpha value is -2.34. The summed E-state index contributed by atoms with van der Waals surface area (Å²) >= 11 is 0. The highest BCUT2D eigenvalue weighted by Gasteiger charge is 2.20. The monoisotopic (exact) mass is 416 g/mol. The van der Waals surface area contributed by atoms with Gasteiger partial charge >= 0.3 is 0 Å². The molecule has 0 aliphatic heterocycles. The minimum Gasteiger partial charge on any atom is -0.326 e. The Morgan fingerprint density at radius 1 is 1.07 bits per heavy atom. The maximum atomic E-state index is 12.5. The van der Waals surface area contributed by atoms with E-state index in [4.69, 9.17) is 0 Å². The Labute approximate surface area is 175 Å². The molecule has 2 aromatic rings. The standard InChI is InChI=1S/C23H32N2O3S/c1-16(2)20-10-7-9-19(5)23(20)24-22(26)11-8-14-25(29(6,27)28)21-15-17(3)12-13-18(21)4/h7,9-10,12-13,15-16H,8,11,14H2,1-6H3,(H,24,26). The van der Waals surface area contributed by atoms with Gasteiger partial charge in [-0.25, -0.2) is 8.42 Å². The van der Waals surface area contributed by atoms with E-state index in [2.05, 4.69) is 19.2 Å². The van der Waals surface area contributed by atoms with Gasteiger partial charge in [-0.15, -0.1) is 0 Å². The molecule has 2 aromatic carbocycles. The summed E-state index contributed by atoms with van der Waals surface area (Å²) in [5.74, 6) is 0.200. The number of benzene rings is 2. The van der Waals surface area contributed by atoms with Crippen LogP contribution in [0.3, 0.4) is 0 Å². The van der Waals surface area contributed by atoms with Crippen molar-refractivity contribution in [1.29, 1.82) is 0 Å². The molecule has 0 fully saturated rings. The van der Waals surface area contributed by atoms with Gasteiger partial charge in [0.2, 0.25) is 15.9 Å². The molecule has 2 rings (SSSR count). The van der Waals surface area contributed by atoms with Gasteiger partial charge in [0.05, 0.1) is 11.9 Å². The number of carbonyl (C=O) groups excluding carboxylic acids is 1. The predicted molar refractivity (Wildman–Crippen MR) is 121 cm³/mol. The fraction of sp³-hybridized carbons (Fsp3) is 0.435. The average molecular weight is 417 g/mol. The highest BCUT2D eigenvalue weighted by Crippen LogP contribution is 2.28. The van der Waals surface area contributed by atoms with E-state index in [9.17, 15) is 13.2 Å². The molecule has 6 heteroatoms. The normalized spacial score (nSPS) is 11.6. The van der Waals surface area contributed by atoms with Crippen molar-refractivity contribution in [3.63, 3.8) is 0 Å². The largest absolute Gasteiger partial charge is 0.326 e. The molecule has 0 unspecified atom stereocenters. The fourth-order valence-electron chi connectivity index (χ4n) is 3.38. The number of para-hydroxylation sites is 1. The Morgan fingerprint density at radius 3 is 2.38 bits per heavy atom. The van der Waals surface area contributed by atoms with E-state index >= 15 is 0 Å². The summed E-state index contributed by atoms with van der Waals surface area (Å²) in [6.45, 7) is 10.3. The van der Waals surface area contributed by atoms with Crippen LogP contribution in [0.5, 0.6) is 0 Å². The maximum absolute atomic E-state index is 12.5. The van der Waals surface area contributed by atoms with Crippen LogP contribution in [0, 0.1) is 20.8 Å². The summed E-state index contributed by atoms with van der Waals surface area (Å²) in [6, 6.07) is 11.8. The lowest BCUT2D eigenvalue weighted by atomic mass is 9.98. The van der Waals surface area contributed by atoms with Gasteiger partial charge in [-0.1, -0.05) is 44.2 Å². The van der Waals surface area contributed by atoms with Gasteiger partial charge < -0.3 is 5.32 Å². The van der Waals surface area contributed by atoms with Crippen molar-refractivity contribution < 1.29 is 13.2 Å². The topological polar surface area (TPSA) is 66.5 Å². The van der Waals surface area contributed by atoms with Gasteiger partial charge in [-0.2, -0.15) is 0 Å². The van der Waals surface area contributed by atoms with Crippen molar-refractivity contribution in [3.8, 4) is 0 Å². The molecule has 0 aromatic heterocycles. The minimum absolute atomic E-state index is 0.101. The van der Waals surface area contributed by atoms with Gasteiger partial charge in [0.15, 0.2) is 0 Å². The van der Waals surface area contributed by atoms with Crippen LogP contribution < -0.4 is 9.62 Å². The summed E-state index contributed by atoms with van der Waals surface area (Å²) in [6.07, 6.45) is 1.90. The quantitative estimate of drug-likeness (QED) is 0.664. The van der Waals surface area contributed by atoms with Crippen LogP contribution >= 0.6 is 0 Å². The lowest BCUT2D eigenvalue weighted by molar-refractivity contribution is -0.116. The van der Waals surface area contributed by atoms with Crippen LogP contribution in [0.2, 0.25) is 0 Å². The van der Waals surface area contributed by atoms with E-state index < -0.39 is 10.0 Å². The van der Waals surface area contributed by atoms with Crippen molar-refractivity contribution in [2.24, 2.45) is 0 Å². The molecule has 0 atom stereocenters. The molecule has 0 aliphatic rings. The Balaban J connectivity index is 2.09. The molecule has 0 spiro atoms. The fourth-order valence-corrected chi connectivity index (χ4v) is 4.40. The van der Waals surface area contributed by atoms with Crippen molar-refractivity contribution in [2.45, 2.75) is 53.4 Å². The highest BCUT2D eigenvalue weighted by molar-refractivity contribution is 7.92. The molecule has 0 saturated heterocycles. The van der Waals surface area contributed by atoms with Gasteiger partial charge in [0.1, 0.15) is 0 Å². The zero-order valence-electron chi connectivity index (χ0n) is 18.2. The molecule has 1 N–H and O–H groups in total. The molecule has 0 radical (unpaired) electrons. The van der Waals surface area contributed by atoms with Gasteiger partial charge in [-0.3, -0.25) is 9.10 Å². The minimum atomic E-state index is -3.44. The number of sulfonamides is 1. The third-order valence-electron chi connectivity index (χ3n) is 4.99. The number of nitrogens with zero attached hydrogens (tertiary/aromatic N) is 1. The second-order valence-electron chi connectivity index (χ2n) is 7.97. The zero-order chi connectivity index (χ0) is 21.8. The first-order valence-electron chi connectivity index (χ1n) is 9.95. The van der Waals surface area contributed by atoms with Crippen molar-refractivity contribution in [2.75, 3.05) is 22.4 Å².